The molecule has 0 amide bonds. The van der Waals surface area contributed by atoms with Crippen molar-refractivity contribution in [2.75, 3.05) is 12.8 Å². The molecule has 0 saturated carbocycles. The first kappa shape index (κ1) is 10.3. The lowest BCUT2D eigenvalue weighted by Gasteiger charge is -1.99. The van der Waals surface area contributed by atoms with Gasteiger partial charge < -0.3 is 15.5 Å². The third-order valence-electron chi connectivity index (χ3n) is 2.29. The van der Waals surface area contributed by atoms with E-state index in [1.54, 1.807) is 6.07 Å². The van der Waals surface area contributed by atoms with Crippen molar-refractivity contribution in [2.24, 2.45) is 0 Å². The van der Waals surface area contributed by atoms with Crippen molar-refractivity contribution in [3.8, 4) is 11.3 Å². The highest BCUT2D eigenvalue weighted by atomic mass is 16.5. The molecule has 3 N–H and O–H groups in total. The highest BCUT2D eigenvalue weighted by molar-refractivity contribution is 5.88. The van der Waals surface area contributed by atoms with Crippen molar-refractivity contribution in [1.29, 1.82) is 0 Å². The molecule has 82 valence electrons. The van der Waals surface area contributed by atoms with Gasteiger partial charge in [-0.3, -0.25) is 0 Å². The number of aromatic amines is 1. The Morgan fingerprint density at radius 2 is 2.12 bits per heavy atom. The summed E-state index contributed by atoms with van der Waals surface area (Å²) in [5.74, 6) is -0.379. The number of hydrogen-bond acceptors (Lipinski definition) is 3. The van der Waals surface area contributed by atoms with Crippen molar-refractivity contribution in [3.63, 3.8) is 0 Å². The average molecular weight is 216 g/mol. The van der Waals surface area contributed by atoms with Crippen molar-refractivity contribution < 1.29 is 9.53 Å². The topological polar surface area (TPSA) is 68.1 Å². The number of rotatable bonds is 2. The normalized spacial score (nSPS) is 10.1. The fraction of sp³-hybridized carbons (Fsp3) is 0.0833. The van der Waals surface area contributed by atoms with E-state index in [9.17, 15) is 4.79 Å². The standard InChI is InChI=1S/C12H12N2O2/c1-16-12(15)11-6-5-10(14-11)8-3-2-4-9(13)7-8/h2-7,14H,13H2,1H3. The Kier molecular flexibility index (Phi) is 2.64. The summed E-state index contributed by atoms with van der Waals surface area (Å²) in [5, 5.41) is 0. The minimum absolute atomic E-state index is 0.379. The van der Waals surface area contributed by atoms with Crippen LogP contribution >= 0.6 is 0 Å². The van der Waals surface area contributed by atoms with Gasteiger partial charge in [0.2, 0.25) is 0 Å². The van der Waals surface area contributed by atoms with Crippen LogP contribution in [-0.4, -0.2) is 18.1 Å². The van der Waals surface area contributed by atoms with E-state index in [2.05, 4.69) is 9.72 Å². The van der Waals surface area contributed by atoms with Crippen molar-refractivity contribution in [3.05, 3.63) is 42.1 Å². The number of nitrogen functional groups attached to an aromatic ring is 1. The number of nitrogens with one attached hydrogen (secondary N) is 1. The molecule has 4 nitrogen and oxygen atoms in total. The van der Waals surface area contributed by atoms with Crippen LogP contribution in [0, 0.1) is 0 Å². The van der Waals surface area contributed by atoms with Crippen LogP contribution in [0.25, 0.3) is 11.3 Å². The van der Waals surface area contributed by atoms with Gasteiger partial charge in [0, 0.05) is 11.4 Å². The third kappa shape index (κ3) is 1.91. The smallest absolute Gasteiger partial charge is 0.354 e. The van der Waals surface area contributed by atoms with E-state index in [0.29, 0.717) is 11.4 Å². The number of nitrogens with two attached hydrogens (primary N) is 1. The SMILES string of the molecule is COC(=O)c1ccc(-c2cccc(N)c2)[nH]1. The number of anilines is 1. The molecule has 16 heavy (non-hydrogen) atoms. The van der Waals surface area contributed by atoms with E-state index in [-0.39, 0.29) is 5.97 Å². The fourth-order valence-electron chi connectivity index (χ4n) is 1.50. The highest BCUT2D eigenvalue weighted by Crippen LogP contribution is 2.20. The summed E-state index contributed by atoms with van der Waals surface area (Å²) in [5.41, 5.74) is 8.58. The minimum atomic E-state index is -0.379. The maximum atomic E-state index is 11.2. The van der Waals surface area contributed by atoms with Crippen LogP contribution in [0.3, 0.4) is 0 Å². The molecular formula is C12H12N2O2. The van der Waals surface area contributed by atoms with Gasteiger partial charge in [-0.05, 0) is 29.8 Å². The van der Waals surface area contributed by atoms with Gasteiger partial charge in [0.25, 0.3) is 0 Å². The molecule has 0 fully saturated rings. The first-order valence-corrected chi connectivity index (χ1v) is 4.84. The van der Waals surface area contributed by atoms with E-state index in [0.717, 1.165) is 11.3 Å². The van der Waals surface area contributed by atoms with Crippen LogP contribution in [0.1, 0.15) is 10.5 Å². The molecule has 4 heteroatoms. The van der Waals surface area contributed by atoms with Crippen molar-refractivity contribution in [2.45, 2.75) is 0 Å². The Labute approximate surface area is 93.0 Å². The molecule has 1 aromatic carbocycles. The Morgan fingerprint density at radius 3 is 2.81 bits per heavy atom. The molecule has 0 aliphatic rings. The quantitative estimate of drug-likeness (QED) is 0.596. The second kappa shape index (κ2) is 4.10. The van der Waals surface area contributed by atoms with Gasteiger partial charge in [-0.25, -0.2) is 4.79 Å². The molecule has 1 heterocycles. The molecular weight excluding hydrogens is 204 g/mol. The first-order valence-electron chi connectivity index (χ1n) is 4.84. The number of carbonyl (C=O) groups is 1. The Balaban J connectivity index is 2.35. The van der Waals surface area contributed by atoms with Gasteiger partial charge in [0.1, 0.15) is 5.69 Å². The first-order chi connectivity index (χ1) is 7.70. The van der Waals surface area contributed by atoms with Crippen molar-refractivity contribution in [1.82, 2.24) is 4.98 Å². The van der Waals surface area contributed by atoms with E-state index >= 15 is 0 Å². The van der Waals surface area contributed by atoms with E-state index in [1.807, 2.05) is 30.3 Å². The second-order valence-electron chi connectivity index (χ2n) is 3.40. The van der Waals surface area contributed by atoms with Gasteiger partial charge in [-0.1, -0.05) is 12.1 Å². The van der Waals surface area contributed by atoms with Crippen LogP contribution in [-0.2, 0) is 4.74 Å². The number of benzene rings is 1. The number of esters is 1. The van der Waals surface area contributed by atoms with Crippen molar-refractivity contribution >= 4 is 11.7 Å². The zero-order valence-electron chi connectivity index (χ0n) is 8.86. The van der Waals surface area contributed by atoms with E-state index < -0.39 is 0 Å². The van der Waals surface area contributed by atoms with Gasteiger partial charge in [-0.15, -0.1) is 0 Å². The molecule has 0 saturated heterocycles. The average Bonchev–Trinajstić information content (AvgIpc) is 2.77. The molecule has 2 aromatic rings. The number of ether oxygens (including phenoxy) is 1. The number of carbonyl (C=O) groups excluding carboxylic acids is 1. The summed E-state index contributed by atoms with van der Waals surface area (Å²) in [6, 6.07) is 10.9. The van der Waals surface area contributed by atoms with E-state index in [4.69, 9.17) is 5.73 Å². The minimum Gasteiger partial charge on any atom is -0.464 e. The summed E-state index contributed by atoms with van der Waals surface area (Å²) < 4.78 is 4.61. The Bertz CT molecular complexity index is 517. The monoisotopic (exact) mass is 216 g/mol. The summed E-state index contributed by atoms with van der Waals surface area (Å²) >= 11 is 0. The van der Waals surface area contributed by atoms with Crippen LogP contribution in [0.5, 0.6) is 0 Å². The number of hydrogen-bond donors (Lipinski definition) is 2. The number of aromatic nitrogens is 1. The highest BCUT2D eigenvalue weighted by Gasteiger charge is 2.08. The van der Waals surface area contributed by atoms with Gasteiger partial charge in [0.15, 0.2) is 0 Å². The maximum absolute atomic E-state index is 11.2. The van der Waals surface area contributed by atoms with Gasteiger partial charge in [0.05, 0.1) is 7.11 Å². The molecule has 0 aliphatic carbocycles. The molecule has 0 bridgehead atoms. The number of H-pyrrole nitrogens is 1. The molecule has 0 radical (unpaired) electrons. The van der Waals surface area contributed by atoms with Gasteiger partial charge in [-0.2, -0.15) is 0 Å². The zero-order valence-corrected chi connectivity index (χ0v) is 8.86. The Hall–Kier alpha value is -2.23. The molecule has 0 atom stereocenters. The summed E-state index contributed by atoms with van der Waals surface area (Å²) in [4.78, 5) is 14.2. The molecule has 0 aliphatic heterocycles. The summed E-state index contributed by atoms with van der Waals surface area (Å²) in [6.07, 6.45) is 0. The van der Waals surface area contributed by atoms with Crippen LogP contribution in [0.15, 0.2) is 36.4 Å². The second-order valence-corrected chi connectivity index (χ2v) is 3.40. The predicted octanol–water partition coefficient (Wildman–Crippen LogP) is 2.05. The van der Waals surface area contributed by atoms with Gasteiger partial charge >= 0.3 is 5.97 Å². The number of methoxy groups -OCH3 is 1. The largest absolute Gasteiger partial charge is 0.464 e. The van der Waals surface area contributed by atoms with Crippen LogP contribution in [0.2, 0.25) is 0 Å². The third-order valence-corrected chi connectivity index (χ3v) is 2.29. The van der Waals surface area contributed by atoms with E-state index in [1.165, 1.54) is 7.11 Å². The Morgan fingerprint density at radius 1 is 1.31 bits per heavy atom. The lowest BCUT2D eigenvalue weighted by atomic mass is 10.1. The molecule has 1 aromatic heterocycles. The lowest BCUT2D eigenvalue weighted by molar-refractivity contribution is 0.0595. The molecule has 0 unspecified atom stereocenters. The fourth-order valence-corrected chi connectivity index (χ4v) is 1.50. The van der Waals surface area contributed by atoms with Crippen LogP contribution < -0.4 is 5.73 Å². The summed E-state index contributed by atoms with van der Waals surface area (Å²) in [7, 11) is 1.35. The van der Waals surface area contributed by atoms with Crippen LogP contribution in [0.4, 0.5) is 5.69 Å². The zero-order chi connectivity index (χ0) is 11.5. The lowest BCUT2D eigenvalue weighted by Crippen LogP contribution is -2.00. The molecule has 0 spiro atoms. The molecule has 2 rings (SSSR count). The predicted molar refractivity (Wildman–Crippen MR) is 62.0 cm³/mol. The maximum Gasteiger partial charge on any atom is 0.354 e. The summed E-state index contributed by atoms with van der Waals surface area (Å²) in [6.45, 7) is 0.